The average Bonchev–Trinajstić information content (AvgIpc) is 3.15. The molecule has 0 aromatic rings. The van der Waals surface area contributed by atoms with Crippen LogP contribution in [0.3, 0.4) is 0 Å². The zero-order valence-corrected chi connectivity index (χ0v) is 14.7. The van der Waals surface area contributed by atoms with Crippen molar-refractivity contribution in [1.29, 1.82) is 0 Å². The zero-order chi connectivity index (χ0) is 17.0. The van der Waals surface area contributed by atoms with Gasteiger partial charge in [-0.05, 0) is 46.5 Å². The van der Waals surface area contributed by atoms with Crippen LogP contribution in [0, 0.1) is 5.92 Å². The zero-order valence-electron chi connectivity index (χ0n) is 14.7. The molecular formula is C16H31N3O3. The molecule has 128 valence electrons. The van der Waals surface area contributed by atoms with Crippen molar-refractivity contribution in [3.8, 4) is 0 Å². The van der Waals surface area contributed by atoms with E-state index >= 15 is 0 Å². The molecule has 0 spiro atoms. The Morgan fingerprint density at radius 1 is 1.18 bits per heavy atom. The molecule has 2 amide bonds. The van der Waals surface area contributed by atoms with E-state index in [1.54, 1.807) is 0 Å². The maximum atomic E-state index is 11.8. The lowest BCUT2D eigenvalue weighted by Crippen LogP contribution is -2.57. The van der Waals surface area contributed by atoms with Crippen molar-refractivity contribution in [2.24, 2.45) is 5.92 Å². The number of ether oxygens (including phenoxy) is 1. The minimum Gasteiger partial charge on any atom is -0.444 e. The van der Waals surface area contributed by atoms with Gasteiger partial charge in [-0.2, -0.15) is 0 Å². The molecule has 0 saturated heterocycles. The van der Waals surface area contributed by atoms with Crippen LogP contribution in [0.4, 0.5) is 4.79 Å². The lowest BCUT2D eigenvalue weighted by molar-refractivity contribution is -0.120. The molecule has 22 heavy (non-hydrogen) atoms. The van der Waals surface area contributed by atoms with Gasteiger partial charge in [0, 0.05) is 18.1 Å². The molecule has 1 aliphatic carbocycles. The third kappa shape index (κ3) is 7.11. The summed E-state index contributed by atoms with van der Waals surface area (Å²) in [5.41, 5.74) is -0.895. The summed E-state index contributed by atoms with van der Waals surface area (Å²) in [6, 6.07) is 0.361. The van der Waals surface area contributed by atoms with Crippen LogP contribution in [-0.2, 0) is 9.53 Å². The molecule has 1 rings (SSSR count). The van der Waals surface area contributed by atoms with Crippen molar-refractivity contribution in [3.05, 3.63) is 0 Å². The van der Waals surface area contributed by atoms with E-state index in [0.717, 1.165) is 12.8 Å². The minimum absolute atomic E-state index is 0.00615. The van der Waals surface area contributed by atoms with E-state index in [9.17, 15) is 9.59 Å². The summed E-state index contributed by atoms with van der Waals surface area (Å²) in [6.07, 6.45) is 1.71. The number of hydrogen-bond donors (Lipinski definition) is 3. The molecular weight excluding hydrogens is 282 g/mol. The largest absolute Gasteiger partial charge is 0.444 e. The van der Waals surface area contributed by atoms with E-state index in [1.165, 1.54) is 0 Å². The van der Waals surface area contributed by atoms with Gasteiger partial charge in [0.2, 0.25) is 5.91 Å². The number of hydrogen-bond acceptors (Lipinski definition) is 4. The second kappa shape index (κ2) is 7.31. The lowest BCUT2D eigenvalue weighted by Gasteiger charge is -2.35. The number of alkyl carbamates (subject to hydrolysis) is 1. The Labute approximate surface area is 133 Å². The molecule has 1 saturated carbocycles. The molecule has 3 N–H and O–H groups in total. The monoisotopic (exact) mass is 313 g/mol. The van der Waals surface area contributed by atoms with Crippen LogP contribution in [0.5, 0.6) is 0 Å². The van der Waals surface area contributed by atoms with Gasteiger partial charge in [0.1, 0.15) is 5.60 Å². The maximum absolute atomic E-state index is 11.8. The smallest absolute Gasteiger partial charge is 0.407 e. The van der Waals surface area contributed by atoms with Crippen molar-refractivity contribution >= 4 is 12.0 Å². The first-order valence-corrected chi connectivity index (χ1v) is 8.03. The van der Waals surface area contributed by atoms with Gasteiger partial charge in [-0.3, -0.25) is 4.79 Å². The van der Waals surface area contributed by atoms with E-state index in [1.807, 2.05) is 27.7 Å². The summed E-state index contributed by atoms with van der Waals surface area (Å²) in [7, 11) is 0. The van der Waals surface area contributed by atoms with Gasteiger partial charge in [0.05, 0.1) is 6.54 Å². The van der Waals surface area contributed by atoms with Gasteiger partial charge in [0.25, 0.3) is 0 Å². The molecule has 6 nitrogen and oxygen atoms in total. The first kappa shape index (κ1) is 18.7. The normalized spacial score (nSPS) is 17.8. The van der Waals surface area contributed by atoms with Gasteiger partial charge in [-0.1, -0.05) is 13.8 Å². The third-order valence-electron chi connectivity index (χ3n) is 3.87. The molecule has 0 radical (unpaired) electrons. The number of carbonyl (C=O) groups is 2. The lowest BCUT2D eigenvalue weighted by atomic mass is 9.88. The highest BCUT2D eigenvalue weighted by atomic mass is 16.6. The fourth-order valence-electron chi connectivity index (χ4n) is 1.83. The fourth-order valence-corrected chi connectivity index (χ4v) is 1.83. The molecule has 0 heterocycles. The van der Waals surface area contributed by atoms with Gasteiger partial charge in [0.15, 0.2) is 0 Å². The Morgan fingerprint density at radius 3 is 2.23 bits per heavy atom. The summed E-state index contributed by atoms with van der Waals surface area (Å²) in [5.74, 6) is 0.253. The van der Waals surface area contributed by atoms with Gasteiger partial charge >= 0.3 is 6.09 Å². The number of nitrogens with one attached hydrogen (secondary N) is 3. The van der Waals surface area contributed by atoms with Crippen molar-refractivity contribution in [2.75, 3.05) is 13.1 Å². The first-order valence-electron chi connectivity index (χ1n) is 8.03. The van der Waals surface area contributed by atoms with Gasteiger partial charge in [-0.25, -0.2) is 4.79 Å². The molecule has 6 heteroatoms. The summed E-state index contributed by atoms with van der Waals surface area (Å²) in [5, 5.41) is 8.99. The van der Waals surface area contributed by atoms with Crippen LogP contribution in [-0.4, -0.2) is 42.3 Å². The summed E-state index contributed by atoms with van der Waals surface area (Å²) in [6.45, 7) is 12.3. The minimum atomic E-state index is -0.518. The maximum Gasteiger partial charge on any atom is 0.407 e. The SMILES string of the molecule is CC(C)C(C)(CNC(=O)OC(C)(C)C)NCC(=O)NC1CC1. The topological polar surface area (TPSA) is 79.5 Å². The second-order valence-electron chi connectivity index (χ2n) is 7.62. The highest BCUT2D eigenvalue weighted by Crippen LogP contribution is 2.19. The standard InChI is InChI=1S/C16H31N3O3/c1-11(2)16(6,10-17-14(21)22-15(3,4)5)18-9-13(20)19-12-7-8-12/h11-12,18H,7-10H2,1-6H3,(H,17,21)(H,19,20). The van der Waals surface area contributed by atoms with Crippen molar-refractivity contribution in [2.45, 2.75) is 71.6 Å². The van der Waals surface area contributed by atoms with Crippen molar-refractivity contribution in [1.82, 2.24) is 16.0 Å². The van der Waals surface area contributed by atoms with Crippen LogP contribution in [0.25, 0.3) is 0 Å². The molecule has 1 unspecified atom stereocenters. The van der Waals surface area contributed by atoms with E-state index < -0.39 is 11.7 Å². The average molecular weight is 313 g/mol. The van der Waals surface area contributed by atoms with Gasteiger partial charge < -0.3 is 20.7 Å². The van der Waals surface area contributed by atoms with Crippen molar-refractivity contribution in [3.63, 3.8) is 0 Å². The molecule has 1 aliphatic rings. The molecule has 0 bridgehead atoms. The first-order chi connectivity index (χ1) is 10.0. The van der Waals surface area contributed by atoms with Crippen LogP contribution in [0.15, 0.2) is 0 Å². The highest BCUT2D eigenvalue weighted by Gasteiger charge is 2.31. The molecule has 0 aliphatic heterocycles. The Hall–Kier alpha value is -1.30. The Morgan fingerprint density at radius 2 is 1.77 bits per heavy atom. The van der Waals surface area contributed by atoms with Crippen LogP contribution < -0.4 is 16.0 Å². The van der Waals surface area contributed by atoms with Crippen LogP contribution in [0.1, 0.15) is 54.4 Å². The highest BCUT2D eigenvalue weighted by molar-refractivity contribution is 5.78. The van der Waals surface area contributed by atoms with Crippen LogP contribution in [0.2, 0.25) is 0 Å². The molecule has 1 atom stereocenters. The van der Waals surface area contributed by atoms with E-state index in [4.69, 9.17) is 4.74 Å². The van der Waals surface area contributed by atoms with Crippen LogP contribution >= 0.6 is 0 Å². The second-order valence-corrected chi connectivity index (χ2v) is 7.62. The summed E-state index contributed by atoms with van der Waals surface area (Å²) in [4.78, 5) is 23.6. The number of amides is 2. The number of rotatable bonds is 7. The third-order valence-corrected chi connectivity index (χ3v) is 3.87. The predicted octanol–water partition coefficient (Wildman–Crippen LogP) is 1.79. The van der Waals surface area contributed by atoms with E-state index in [-0.39, 0.29) is 23.9 Å². The Bertz CT molecular complexity index is 400. The Balaban J connectivity index is 2.43. The van der Waals surface area contributed by atoms with Crippen molar-refractivity contribution < 1.29 is 14.3 Å². The summed E-state index contributed by atoms with van der Waals surface area (Å²) < 4.78 is 5.24. The predicted molar refractivity (Wildman–Crippen MR) is 86.6 cm³/mol. The van der Waals surface area contributed by atoms with Gasteiger partial charge in [-0.15, -0.1) is 0 Å². The van der Waals surface area contributed by atoms with E-state index in [2.05, 4.69) is 29.8 Å². The molecule has 0 aromatic carbocycles. The summed E-state index contributed by atoms with van der Waals surface area (Å²) >= 11 is 0. The fraction of sp³-hybridized carbons (Fsp3) is 0.875. The number of carbonyl (C=O) groups excluding carboxylic acids is 2. The molecule has 1 fully saturated rings. The quantitative estimate of drug-likeness (QED) is 0.669. The van der Waals surface area contributed by atoms with E-state index in [0.29, 0.717) is 12.6 Å². The Kier molecular flexibility index (Phi) is 6.23. The molecule has 0 aromatic heterocycles.